The van der Waals surface area contributed by atoms with Crippen LogP contribution in [0.5, 0.6) is 0 Å². The number of hydrogen-bond acceptors (Lipinski definition) is 4. The molecule has 1 spiro atoms. The fourth-order valence-electron chi connectivity index (χ4n) is 7.11. The van der Waals surface area contributed by atoms with Gasteiger partial charge in [0.2, 0.25) is 11.8 Å². The molecule has 7 rings (SSSR count). The molecule has 154 valence electrons. The van der Waals surface area contributed by atoms with Crippen LogP contribution in [0.3, 0.4) is 0 Å². The highest BCUT2D eigenvalue weighted by molar-refractivity contribution is 5.82. The van der Waals surface area contributed by atoms with E-state index in [1.54, 1.807) is 0 Å². The largest absolute Gasteiger partial charge is 0.374 e. The topological polar surface area (TPSA) is 78.5 Å². The van der Waals surface area contributed by atoms with Crippen LogP contribution in [0.4, 0.5) is 0 Å². The first kappa shape index (κ1) is 16.9. The second-order valence-corrected chi connectivity index (χ2v) is 10.6. The van der Waals surface area contributed by atoms with Gasteiger partial charge in [-0.25, -0.2) is 0 Å². The van der Waals surface area contributed by atoms with E-state index in [0.29, 0.717) is 23.8 Å². The highest BCUT2D eigenvalue weighted by Gasteiger charge is 2.65. The summed E-state index contributed by atoms with van der Waals surface area (Å²) in [5.74, 6) is 2.23. The molecule has 2 amide bonds. The molecule has 6 atom stereocenters. The number of amides is 2. The standard InChI is InChI=1S/C22H28N4O3/c27-20(12-1-2-13-8-23-24-17(13)5-12)26-10-22(11-26)3-4-25(9-22)21(28)16-7-18-14-6-15(14)19(16)29-18/h8,12,14-16,18-19H,1-7,9-11H2,(H,23,24)/t12?,14-,15+,16-,18+,19+/m1/s1. The summed E-state index contributed by atoms with van der Waals surface area (Å²) < 4.78 is 6.05. The van der Waals surface area contributed by atoms with Crippen LogP contribution in [-0.2, 0) is 27.2 Å². The summed E-state index contributed by atoms with van der Waals surface area (Å²) in [5.41, 5.74) is 2.54. The van der Waals surface area contributed by atoms with Gasteiger partial charge in [-0.1, -0.05) is 0 Å². The Labute approximate surface area is 170 Å². The maximum absolute atomic E-state index is 13.1. The van der Waals surface area contributed by atoms with Crippen molar-refractivity contribution in [2.75, 3.05) is 26.2 Å². The minimum absolute atomic E-state index is 0.0807. The van der Waals surface area contributed by atoms with Gasteiger partial charge in [-0.05, 0) is 49.5 Å². The molecular formula is C22H28N4O3. The number of rotatable bonds is 2. The lowest BCUT2D eigenvalue weighted by Gasteiger charge is -2.49. The zero-order valence-electron chi connectivity index (χ0n) is 16.7. The van der Waals surface area contributed by atoms with Crippen LogP contribution in [0.25, 0.3) is 0 Å². The van der Waals surface area contributed by atoms with E-state index < -0.39 is 0 Å². The Balaban J connectivity index is 0.966. The number of nitrogens with zero attached hydrogens (tertiary/aromatic N) is 3. The average Bonchev–Trinajstić information content (AvgIpc) is 3.13. The molecule has 5 fully saturated rings. The molecule has 1 saturated carbocycles. The van der Waals surface area contributed by atoms with Crippen LogP contribution in [0, 0.1) is 29.1 Å². The molecule has 2 bridgehead atoms. The van der Waals surface area contributed by atoms with Crippen molar-refractivity contribution in [2.24, 2.45) is 29.1 Å². The maximum atomic E-state index is 13.1. The molecule has 0 radical (unpaired) electrons. The van der Waals surface area contributed by atoms with Crippen molar-refractivity contribution < 1.29 is 14.3 Å². The Morgan fingerprint density at radius 1 is 1.14 bits per heavy atom. The van der Waals surface area contributed by atoms with Gasteiger partial charge in [0.15, 0.2) is 0 Å². The quantitative estimate of drug-likeness (QED) is 0.809. The summed E-state index contributed by atoms with van der Waals surface area (Å²) in [6.07, 6.45) is 8.36. The summed E-state index contributed by atoms with van der Waals surface area (Å²) in [6, 6.07) is 0. The number of H-pyrrole nitrogens is 1. The van der Waals surface area contributed by atoms with E-state index in [9.17, 15) is 9.59 Å². The molecule has 1 aromatic heterocycles. The van der Waals surface area contributed by atoms with Crippen molar-refractivity contribution >= 4 is 11.8 Å². The Hall–Kier alpha value is -1.89. The van der Waals surface area contributed by atoms with Crippen molar-refractivity contribution in [1.29, 1.82) is 0 Å². The van der Waals surface area contributed by atoms with Gasteiger partial charge in [0, 0.05) is 49.6 Å². The van der Waals surface area contributed by atoms with E-state index in [1.807, 2.05) is 11.1 Å². The fraction of sp³-hybridized carbons (Fsp3) is 0.773. The van der Waals surface area contributed by atoms with Crippen LogP contribution >= 0.6 is 0 Å². The van der Waals surface area contributed by atoms with Crippen molar-refractivity contribution in [1.82, 2.24) is 20.0 Å². The lowest BCUT2D eigenvalue weighted by molar-refractivity contribution is -0.148. The van der Waals surface area contributed by atoms with Crippen LogP contribution in [0.15, 0.2) is 6.20 Å². The Bertz CT molecular complexity index is 890. The number of fused-ring (bicyclic) bond motifs is 6. The molecule has 0 aromatic carbocycles. The average molecular weight is 396 g/mol. The third kappa shape index (κ3) is 2.36. The van der Waals surface area contributed by atoms with Gasteiger partial charge in [-0.3, -0.25) is 14.7 Å². The third-order valence-electron chi connectivity index (χ3n) is 8.81. The summed E-state index contributed by atoms with van der Waals surface area (Å²) in [4.78, 5) is 30.3. The number of likely N-dealkylation sites (tertiary alicyclic amines) is 2. The number of aryl methyl sites for hydroxylation is 1. The number of ether oxygens (including phenoxy) is 1. The molecule has 5 heterocycles. The van der Waals surface area contributed by atoms with Gasteiger partial charge in [0.1, 0.15) is 0 Å². The third-order valence-corrected chi connectivity index (χ3v) is 8.81. The van der Waals surface area contributed by atoms with Crippen LogP contribution in [0.2, 0.25) is 0 Å². The first-order chi connectivity index (χ1) is 14.1. The molecule has 4 aliphatic heterocycles. The van der Waals surface area contributed by atoms with Gasteiger partial charge in [-0.2, -0.15) is 5.10 Å². The van der Waals surface area contributed by atoms with Crippen molar-refractivity contribution in [3.63, 3.8) is 0 Å². The predicted molar refractivity (Wildman–Crippen MR) is 103 cm³/mol. The maximum Gasteiger partial charge on any atom is 0.228 e. The lowest BCUT2D eigenvalue weighted by atomic mass is 9.77. The molecule has 2 aliphatic carbocycles. The number of hydrogen-bond donors (Lipinski definition) is 1. The van der Waals surface area contributed by atoms with E-state index in [4.69, 9.17) is 4.74 Å². The second-order valence-electron chi connectivity index (χ2n) is 10.6. The number of aromatic amines is 1. The molecule has 1 aromatic rings. The van der Waals surface area contributed by atoms with Gasteiger partial charge < -0.3 is 14.5 Å². The minimum Gasteiger partial charge on any atom is -0.374 e. The SMILES string of the molecule is O=C(C1CCc2cn[nH]c2C1)N1CC2(CCN(C(=O)[C@@H]3C[C@@H]4O[C@H]3[C@H]3C[C@H]34)C2)C1. The van der Waals surface area contributed by atoms with Gasteiger partial charge in [0.05, 0.1) is 24.3 Å². The summed E-state index contributed by atoms with van der Waals surface area (Å²) >= 11 is 0. The number of aromatic nitrogens is 2. The number of nitrogens with one attached hydrogen (secondary N) is 1. The van der Waals surface area contributed by atoms with E-state index in [1.165, 1.54) is 12.0 Å². The van der Waals surface area contributed by atoms with Crippen molar-refractivity contribution in [3.05, 3.63) is 17.5 Å². The first-order valence-electron chi connectivity index (χ1n) is 11.3. The molecule has 7 heteroatoms. The highest BCUT2D eigenvalue weighted by Crippen LogP contribution is 2.61. The predicted octanol–water partition coefficient (Wildman–Crippen LogP) is 0.999. The molecular weight excluding hydrogens is 368 g/mol. The van der Waals surface area contributed by atoms with E-state index in [2.05, 4.69) is 15.1 Å². The van der Waals surface area contributed by atoms with Crippen molar-refractivity contribution in [3.8, 4) is 0 Å². The Morgan fingerprint density at radius 2 is 2.00 bits per heavy atom. The van der Waals surface area contributed by atoms with E-state index in [0.717, 1.165) is 69.9 Å². The summed E-state index contributed by atoms with van der Waals surface area (Å²) in [7, 11) is 0. The fourth-order valence-corrected chi connectivity index (χ4v) is 7.11. The zero-order chi connectivity index (χ0) is 19.3. The number of carbonyl (C=O) groups excluding carboxylic acids is 2. The molecule has 1 N–H and O–H groups in total. The van der Waals surface area contributed by atoms with Gasteiger partial charge in [0.25, 0.3) is 0 Å². The number of carbonyl (C=O) groups is 2. The van der Waals surface area contributed by atoms with E-state index in [-0.39, 0.29) is 23.4 Å². The highest BCUT2D eigenvalue weighted by atomic mass is 16.5. The zero-order valence-corrected chi connectivity index (χ0v) is 16.7. The van der Waals surface area contributed by atoms with Crippen LogP contribution in [0.1, 0.15) is 36.9 Å². The second kappa shape index (κ2) is 5.62. The van der Waals surface area contributed by atoms with E-state index >= 15 is 0 Å². The van der Waals surface area contributed by atoms with Crippen LogP contribution in [-0.4, -0.2) is 70.2 Å². The molecule has 7 nitrogen and oxygen atoms in total. The molecule has 4 saturated heterocycles. The molecule has 6 aliphatic rings. The molecule has 29 heavy (non-hydrogen) atoms. The first-order valence-corrected chi connectivity index (χ1v) is 11.3. The monoisotopic (exact) mass is 396 g/mol. The van der Waals surface area contributed by atoms with Crippen molar-refractivity contribution in [2.45, 2.75) is 50.7 Å². The van der Waals surface area contributed by atoms with Crippen LogP contribution < -0.4 is 0 Å². The Kier molecular flexibility index (Phi) is 3.27. The molecule has 1 unspecified atom stereocenters. The summed E-state index contributed by atoms with van der Waals surface area (Å²) in [6.45, 7) is 3.32. The Morgan fingerprint density at radius 3 is 2.83 bits per heavy atom. The van der Waals surface area contributed by atoms with Gasteiger partial charge >= 0.3 is 0 Å². The minimum atomic E-state index is 0.0807. The summed E-state index contributed by atoms with van der Waals surface area (Å²) in [5, 5.41) is 7.17. The normalized spacial score (nSPS) is 40.7. The smallest absolute Gasteiger partial charge is 0.228 e. The lowest BCUT2D eigenvalue weighted by Crippen LogP contribution is -2.61. The van der Waals surface area contributed by atoms with Gasteiger partial charge in [-0.15, -0.1) is 0 Å².